The summed E-state index contributed by atoms with van der Waals surface area (Å²) in [6.45, 7) is 4.04. The summed E-state index contributed by atoms with van der Waals surface area (Å²) in [5.41, 5.74) is 2.46. The van der Waals surface area contributed by atoms with Crippen molar-refractivity contribution in [3.05, 3.63) is 39.6 Å². The van der Waals surface area contributed by atoms with Crippen LogP contribution < -0.4 is 19.5 Å². The molecule has 0 radical (unpaired) electrons. The van der Waals surface area contributed by atoms with Crippen LogP contribution in [0.15, 0.2) is 23.6 Å². The first-order valence-corrected chi connectivity index (χ1v) is 7.36. The lowest BCUT2D eigenvalue weighted by molar-refractivity contribution is 0.171. The molecule has 3 rings (SSSR count). The van der Waals surface area contributed by atoms with E-state index in [2.05, 4.69) is 23.7 Å². The zero-order valence-electron chi connectivity index (χ0n) is 11.6. The van der Waals surface area contributed by atoms with Gasteiger partial charge in [0.15, 0.2) is 11.5 Å². The predicted molar refractivity (Wildman–Crippen MR) is 78.7 cm³/mol. The third-order valence-electron chi connectivity index (χ3n) is 3.30. The van der Waals surface area contributed by atoms with E-state index in [1.165, 1.54) is 10.4 Å². The Morgan fingerprint density at radius 2 is 2.20 bits per heavy atom. The number of fused-ring (bicyclic) bond motifs is 1. The molecule has 0 atom stereocenters. The van der Waals surface area contributed by atoms with E-state index in [0.29, 0.717) is 5.75 Å². The van der Waals surface area contributed by atoms with Gasteiger partial charge >= 0.3 is 0 Å². The van der Waals surface area contributed by atoms with E-state index in [4.69, 9.17) is 14.2 Å². The van der Waals surface area contributed by atoms with Gasteiger partial charge in [0.1, 0.15) is 0 Å². The Hall–Kier alpha value is -1.72. The number of hydrogen-bond acceptors (Lipinski definition) is 5. The van der Waals surface area contributed by atoms with Crippen molar-refractivity contribution in [1.29, 1.82) is 0 Å². The number of ether oxygens (including phenoxy) is 3. The van der Waals surface area contributed by atoms with Gasteiger partial charge in [-0.3, -0.25) is 0 Å². The third kappa shape index (κ3) is 2.59. The maximum absolute atomic E-state index is 5.42. The van der Waals surface area contributed by atoms with Crippen LogP contribution in [-0.4, -0.2) is 13.9 Å². The van der Waals surface area contributed by atoms with Crippen molar-refractivity contribution in [3.63, 3.8) is 0 Å². The topological polar surface area (TPSA) is 39.7 Å². The summed E-state index contributed by atoms with van der Waals surface area (Å²) in [5, 5.41) is 5.57. The van der Waals surface area contributed by atoms with Gasteiger partial charge in [0.25, 0.3) is 0 Å². The smallest absolute Gasteiger partial charge is 0.231 e. The summed E-state index contributed by atoms with van der Waals surface area (Å²) in [7, 11) is 1.64. The van der Waals surface area contributed by atoms with Crippen LogP contribution in [0.2, 0.25) is 0 Å². The van der Waals surface area contributed by atoms with Gasteiger partial charge in [-0.05, 0) is 41.6 Å². The zero-order valence-corrected chi connectivity index (χ0v) is 12.4. The quantitative estimate of drug-likeness (QED) is 0.919. The highest BCUT2D eigenvalue weighted by Crippen LogP contribution is 2.41. The molecule has 1 aromatic heterocycles. The van der Waals surface area contributed by atoms with Gasteiger partial charge in [0.05, 0.1) is 7.11 Å². The Morgan fingerprint density at radius 3 is 2.95 bits per heavy atom. The summed E-state index contributed by atoms with van der Waals surface area (Å²) in [6, 6.07) is 6.13. The van der Waals surface area contributed by atoms with E-state index in [1.54, 1.807) is 18.4 Å². The average Bonchev–Trinajstić information content (AvgIpc) is 3.07. The summed E-state index contributed by atoms with van der Waals surface area (Å²) in [5.74, 6) is 2.18. The Balaban J connectivity index is 1.67. The Labute approximate surface area is 122 Å². The lowest BCUT2D eigenvalue weighted by Gasteiger charge is -2.09. The van der Waals surface area contributed by atoms with Crippen molar-refractivity contribution in [3.8, 4) is 17.2 Å². The molecule has 4 nitrogen and oxygen atoms in total. The minimum atomic E-state index is 0.261. The van der Waals surface area contributed by atoms with E-state index in [-0.39, 0.29) is 6.79 Å². The van der Waals surface area contributed by atoms with Crippen LogP contribution >= 0.6 is 11.3 Å². The normalized spacial score (nSPS) is 12.7. The van der Waals surface area contributed by atoms with Crippen LogP contribution in [0.5, 0.6) is 17.2 Å². The molecule has 0 saturated heterocycles. The van der Waals surface area contributed by atoms with Crippen molar-refractivity contribution < 1.29 is 14.2 Å². The summed E-state index contributed by atoms with van der Waals surface area (Å²) in [6.07, 6.45) is 0. The summed E-state index contributed by atoms with van der Waals surface area (Å²) >= 11 is 1.78. The standard InChI is InChI=1S/C15H17NO3S/c1-10-3-4-20-14(10)8-16-7-11-5-12(17-2)15-13(6-11)18-9-19-15/h3-6,16H,7-9H2,1-2H3. The fourth-order valence-corrected chi connectivity index (χ4v) is 3.07. The molecule has 0 fully saturated rings. The van der Waals surface area contributed by atoms with Crippen molar-refractivity contribution in [2.24, 2.45) is 0 Å². The molecule has 2 aromatic rings. The van der Waals surface area contributed by atoms with Crippen molar-refractivity contribution in [2.45, 2.75) is 20.0 Å². The fraction of sp³-hybridized carbons (Fsp3) is 0.333. The van der Waals surface area contributed by atoms with E-state index >= 15 is 0 Å². The molecule has 0 saturated carbocycles. The Bertz CT molecular complexity index is 609. The van der Waals surface area contributed by atoms with E-state index < -0.39 is 0 Å². The van der Waals surface area contributed by atoms with Gasteiger partial charge in [-0.15, -0.1) is 11.3 Å². The van der Waals surface area contributed by atoms with Crippen LogP contribution in [0.1, 0.15) is 16.0 Å². The second-order valence-electron chi connectivity index (χ2n) is 4.66. The number of methoxy groups -OCH3 is 1. The number of thiophene rings is 1. The van der Waals surface area contributed by atoms with Crippen LogP contribution in [0.3, 0.4) is 0 Å². The van der Waals surface area contributed by atoms with Crippen LogP contribution in [0.4, 0.5) is 0 Å². The molecule has 5 heteroatoms. The van der Waals surface area contributed by atoms with Gasteiger partial charge in [0, 0.05) is 18.0 Å². The monoisotopic (exact) mass is 291 g/mol. The van der Waals surface area contributed by atoms with E-state index in [0.717, 1.165) is 30.2 Å². The SMILES string of the molecule is COc1cc(CNCc2sccc2C)cc2c1OCO2. The summed E-state index contributed by atoms with van der Waals surface area (Å²) in [4.78, 5) is 1.37. The lowest BCUT2D eigenvalue weighted by atomic mass is 10.2. The molecule has 106 valence electrons. The molecule has 1 N–H and O–H groups in total. The molecular formula is C15H17NO3S. The van der Waals surface area contributed by atoms with Crippen molar-refractivity contribution in [2.75, 3.05) is 13.9 Å². The number of rotatable bonds is 5. The third-order valence-corrected chi connectivity index (χ3v) is 4.32. The molecule has 0 aliphatic carbocycles. The Kier molecular flexibility index (Phi) is 3.80. The average molecular weight is 291 g/mol. The van der Waals surface area contributed by atoms with Crippen molar-refractivity contribution >= 4 is 11.3 Å². The highest BCUT2D eigenvalue weighted by atomic mass is 32.1. The number of aryl methyl sites for hydroxylation is 1. The molecule has 1 aliphatic rings. The highest BCUT2D eigenvalue weighted by Gasteiger charge is 2.19. The number of benzene rings is 1. The minimum Gasteiger partial charge on any atom is -0.493 e. The van der Waals surface area contributed by atoms with Crippen LogP contribution in [0.25, 0.3) is 0 Å². The van der Waals surface area contributed by atoms with Crippen LogP contribution in [-0.2, 0) is 13.1 Å². The largest absolute Gasteiger partial charge is 0.493 e. The first-order chi connectivity index (χ1) is 9.78. The molecule has 0 unspecified atom stereocenters. The Morgan fingerprint density at radius 1 is 1.30 bits per heavy atom. The lowest BCUT2D eigenvalue weighted by Crippen LogP contribution is -2.12. The predicted octanol–water partition coefficient (Wildman–Crippen LogP) is 3.08. The number of nitrogens with one attached hydrogen (secondary N) is 1. The van der Waals surface area contributed by atoms with Crippen molar-refractivity contribution in [1.82, 2.24) is 5.32 Å². The summed E-state index contributed by atoms with van der Waals surface area (Å²) < 4.78 is 16.2. The van der Waals surface area contributed by atoms with Gasteiger partial charge in [0.2, 0.25) is 12.5 Å². The second-order valence-corrected chi connectivity index (χ2v) is 5.66. The maximum Gasteiger partial charge on any atom is 0.231 e. The molecule has 0 bridgehead atoms. The molecule has 2 heterocycles. The first-order valence-electron chi connectivity index (χ1n) is 6.48. The maximum atomic E-state index is 5.42. The minimum absolute atomic E-state index is 0.261. The van der Waals surface area contributed by atoms with Gasteiger partial charge in [-0.25, -0.2) is 0 Å². The first kappa shape index (κ1) is 13.3. The molecular weight excluding hydrogens is 274 g/mol. The molecule has 0 spiro atoms. The highest BCUT2D eigenvalue weighted by molar-refractivity contribution is 7.10. The fourth-order valence-electron chi connectivity index (χ4n) is 2.19. The van der Waals surface area contributed by atoms with Gasteiger partial charge < -0.3 is 19.5 Å². The van der Waals surface area contributed by atoms with Gasteiger partial charge in [-0.2, -0.15) is 0 Å². The molecule has 20 heavy (non-hydrogen) atoms. The molecule has 0 amide bonds. The number of hydrogen-bond donors (Lipinski definition) is 1. The van der Waals surface area contributed by atoms with Crippen LogP contribution in [0, 0.1) is 6.92 Å². The zero-order chi connectivity index (χ0) is 13.9. The molecule has 1 aromatic carbocycles. The van der Waals surface area contributed by atoms with E-state index in [9.17, 15) is 0 Å². The van der Waals surface area contributed by atoms with Gasteiger partial charge in [-0.1, -0.05) is 0 Å². The molecule has 1 aliphatic heterocycles. The second kappa shape index (κ2) is 5.73. The van der Waals surface area contributed by atoms with E-state index in [1.807, 2.05) is 12.1 Å².